The fourth-order valence-electron chi connectivity index (χ4n) is 3.69. The van der Waals surface area contributed by atoms with Crippen molar-refractivity contribution in [2.75, 3.05) is 18.0 Å². The van der Waals surface area contributed by atoms with Gasteiger partial charge in [0.25, 0.3) is 5.91 Å². The molecule has 1 heterocycles. The van der Waals surface area contributed by atoms with Gasteiger partial charge in [-0.2, -0.15) is 0 Å². The Balaban J connectivity index is 1.54. The minimum absolute atomic E-state index is 0.0671. The molecular weight excluding hydrogens is 348 g/mol. The fourth-order valence-corrected chi connectivity index (χ4v) is 3.69. The molecule has 28 heavy (non-hydrogen) atoms. The highest BCUT2D eigenvalue weighted by Gasteiger charge is 2.19. The molecule has 150 valence electrons. The quantitative estimate of drug-likeness (QED) is 0.752. The molecule has 1 aliphatic heterocycles. The van der Waals surface area contributed by atoms with Crippen LogP contribution in [0.4, 0.5) is 5.69 Å². The van der Waals surface area contributed by atoms with Gasteiger partial charge in [-0.15, -0.1) is 0 Å². The summed E-state index contributed by atoms with van der Waals surface area (Å²) in [5.41, 5.74) is 4.63. The van der Waals surface area contributed by atoms with Crippen molar-refractivity contribution in [3.63, 3.8) is 0 Å². The molecule has 1 aliphatic rings. The standard InChI is InChI=1S/C24H32N2O2/c1-4-22(28-23-13-8-18(2)16-19(23)3)24(27)25-17-20-9-11-21(12-10-20)26-14-6-5-7-15-26/h8-13,16,22H,4-7,14-15,17H2,1-3H3,(H,25,27)/t22-/m0/s1. The third-order valence-electron chi connectivity index (χ3n) is 5.39. The van der Waals surface area contributed by atoms with Gasteiger partial charge in [0, 0.05) is 25.3 Å². The number of amides is 1. The second-order valence-corrected chi connectivity index (χ2v) is 7.72. The molecule has 1 fully saturated rings. The van der Waals surface area contributed by atoms with Crippen molar-refractivity contribution in [2.45, 2.75) is 59.1 Å². The second kappa shape index (κ2) is 9.63. The summed E-state index contributed by atoms with van der Waals surface area (Å²) in [6.07, 6.45) is 4.04. The number of nitrogens with one attached hydrogen (secondary N) is 1. The van der Waals surface area contributed by atoms with E-state index in [1.54, 1.807) is 0 Å². The monoisotopic (exact) mass is 380 g/mol. The van der Waals surface area contributed by atoms with E-state index in [1.807, 2.05) is 26.0 Å². The third kappa shape index (κ3) is 5.28. The number of carbonyl (C=O) groups is 1. The smallest absolute Gasteiger partial charge is 0.261 e. The lowest BCUT2D eigenvalue weighted by Gasteiger charge is -2.28. The molecule has 4 heteroatoms. The zero-order valence-electron chi connectivity index (χ0n) is 17.3. The van der Waals surface area contributed by atoms with Gasteiger partial charge in [-0.3, -0.25) is 4.79 Å². The Kier molecular flexibility index (Phi) is 6.96. The molecule has 0 radical (unpaired) electrons. The maximum absolute atomic E-state index is 12.6. The van der Waals surface area contributed by atoms with Crippen LogP contribution in [-0.4, -0.2) is 25.1 Å². The average molecular weight is 381 g/mol. The first kappa shape index (κ1) is 20.2. The zero-order valence-corrected chi connectivity index (χ0v) is 17.3. The molecule has 1 amide bonds. The number of nitrogens with zero attached hydrogens (tertiary/aromatic N) is 1. The molecular formula is C24H32N2O2. The number of carbonyl (C=O) groups excluding carboxylic acids is 1. The van der Waals surface area contributed by atoms with Crippen LogP contribution in [0.3, 0.4) is 0 Å². The topological polar surface area (TPSA) is 41.6 Å². The first-order chi connectivity index (χ1) is 13.6. The lowest BCUT2D eigenvalue weighted by atomic mass is 10.1. The van der Waals surface area contributed by atoms with Crippen LogP contribution in [0.2, 0.25) is 0 Å². The van der Waals surface area contributed by atoms with Gasteiger partial charge in [0.15, 0.2) is 6.10 Å². The Bertz CT molecular complexity index is 780. The summed E-state index contributed by atoms with van der Waals surface area (Å²) in [6.45, 7) is 8.84. The number of aryl methyl sites for hydroxylation is 2. The molecule has 1 atom stereocenters. The van der Waals surface area contributed by atoms with Gasteiger partial charge in [-0.25, -0.2) is 0 Å². The Morgan fingerprint density at radius 1 is 1.07 bits per heavy atom. The van der Waals surface area contributed by atoms with Crippen molar-refractivity contribution < 1.29 is 9.53 Å². The maximum Gasteiger partial charge on any atom is 0.261 e. The Labute approximate surface area is 168 Å². The summed E-state index contributed by atoms with van der Waals surface area (Å²) in [5, 5.41) is 3.02. The fraction of sp³-hybridized carbons (Fsp3) is 0.458. The van der Waals surface area contributed by atoms with Crippen LogP contribution in [0.1, 0.15) is 49.3 Å². The average Bonchev–Trinajstić information content (AvgIpc) is 2.72. The lowest BCUT2D eigenvalue weighted by molar-refractivity contribution is -0.128. The molecule has 2 aromatic carbocycles. The van der Waals surface area contributed by atoms with E-state index >= 15 is 0 Å². The zero-order chi connectivity index (χ0) is 19.9. The number of piperidine rings is 1. The molecule has 0 aliphatic carbocycles. The highest BCUT2D eigenvalue weighted by molar-refractivity contribution is 5.81. The summed E-state index contributed by atoms with van der Waals surface area (Å²) in [6, 6.07) is 14.6. The summed E-state index contributed by atoms with van der Waals surface area (Å²) in [5.74, 6) is 0.709. The van der Waals surface area contributed by atoms with Gasteiger partial charge < -0.3 is 15.0 Å². The second-order valence-electron chi connectivity index (χ2n) is 7.72. The van der Waals surface area contributed by atoms with E-state index in [9.17, 15) is 4.79 Å². The Morgan fingerprint density at radius 2 is 1.79 bits per heavy atom. The summed E-state index contributed by atoms with van der Waals surface area (Å²) < 4.78 is 5.98. The molecule has 1 saturated heterocycles. The molecule has 0 bridgehead atoms. The van der Waals surface area contributed by atoms with Gasteiger partial charge in [0.1, 0.15) is 5.75 Å². The molecule has 4 nitrogen and oxygen atoms in total. The Hall–Kier alpha value is -2.49. The summed E-state index contributed by atoms with van der Waals surface area (Å²) in [4.78, 5) is 15.0. The van der Waals surface area contributed by atoms with Crippen molar-refractivity contribution in [1.82, 2.24) is 5.32 Å². The summed E-state index contributed by atoms with van der Waals surface area (Å²) in [7, 11) is 0. The first-order valence-electron chi connectivity index (χ1n) is 10.4. The van der Waals surface area contributed by atoms with E-state index in [4.69, 9.17) is 4.74 Å². The van der Waals surface area contributed by atoms with Crippen molar-refractivity contribution >= 4 is 11.6 Å². The number of rotatable bonds is 7. The third-order valence-corrected chi connectivity index (χ3v) is 5.39. The van der Waals surface area contributed by atoms with Crippen LogP contribution < -0.4 is 15.0 Å². The largest absolute Gasteiger partial charge is 0.480 e. The normalized spacial score (nSPS) is 15.2. The summed E-state index contributed by atoms with van der Waals surface area (Å²) >= 11 is 0. The number of hydrogen-bond acceptors (Lipinski definition) is 3. The van der Waals surface area contributed by atoms with Crippen LogP contribution in [0.5, 0.6) is 5.75 Å². The van der Waals surface area contributed by atoms with E-state index in [-0.39, 0.29) is 5.91 Å². The van der Waals surface area contributed by atoms with E-state index < -0.39 is 6.10 Å². The predicted octanol–water partition coefficient (Wildman–Crippen LogP) is 4.77. The van der Waals surface area contributed by atoms with Crippen LogP contribution in [0, 0.1) is 13.8 Å². The van der Waals surface area contributed by atoms with Gasteiger partial charge in [0.05, 0.1) is 0 Å². The molecule has 3 rings (SSSR count). The number of ether oxygens (including phenoxy) is 1. The minimum Gasteiger partial charge on any atom is -0.480 e. The lowest BCUT2D eigenvalue weighted by Crippen LogP contribution is -2.37. The minimum atomic E-state index is -0.478. The highest BCUT2D eigenvalue weighted by atomic mass is 16.5. The number of hydrogen-bond donors (Lipinski definition) is 1. The van der Waals surface area contributed by atoms with Gasteiger partial charge in [-0.1, -0.05) is 36.8 Å². The van der Waals surface area contributed by atoms with Crippen molar-refractivity contribution in [1.29, 1.82) is 0 Å². The molecule has 0 unspecified atom stereocenters. The molecule has 0 aromatic heterocycles. The van der Waals surface area contributed by atoms with Gasteiger partial charge in [0.2, 0.25) is 0 Å². The van der Waals surface area contributed by atoms with Crippen molar-refractivity contribution in [3.8, 4) is 5.75 Å². The van der Waals surface area contributed by atoms with E-state index in [1.165, 1.54) is 30.5 Å². The maximum atomic E-state index is 12.6. The van der Waals surface area contributed by atoms with E-state index in [2.05, 4.69) is 47.5 Å². The van der Waals surface area contributed by atoms with Crippen molar-refractivity contribution in [2.24, 2.45) is 0 Å². The van der Waals surface area contributed by atoms with Crippen LogP contribution >= 0.6 is 0 Å². The van der Waals surface area contributed by atoms with Crippen LogP contribution in [-0.2, 0) is 11.3 Å². The van der Waals surface area contributed by atoms with E-state index in [0.29, 0.717) is 13.0 Å². The SMILES string of the molecule is CC[C@H](Oc1ccc(C)cc1C)C(=O)NCc1ccc(N2CCCCC2)cc1. The number of benzene rings is 2. The molecule has 0 saturated carbocycles. The Morgan fingerprint density at radius 3 is 2.43 bits per heavy atom. The van der Waals surface area contributed by atoms with Crippen LogP contribution in [0.15, 0.2) is 42.5 Å². The molecule has 2 aromatic rings. The predicted molar refractivity (Wildman–Crippen MR) is 115 cm³/mol. The van der Waals surface area contributed by atoms with Crippen molar-refractivity contribution in [3.05, 3.63) is 59.2 Å². The van der Waals surface area contributed by atoms with Gasteiger partial charge >= 0.3 is 0 Å². The number of anilines is 1. The van der Waals surface area contributed by atoms with Crippen LogP contribution in [0.25, 0.3) is 0 Å². The molecule has 0 spiro atoms. The van der Waals surface area contributed by atoms with E-state index in [0.717, 1.165) is 30.0 Å². The van der Waals surface area contributed by atoms with Gasteiger partial charge in [-0.05, 0) is 68.9 Å². The first-order valence-corrected chi connectivity index (χ1v) is 10.4. The highest BCUT2D eigenvalue weighted by Crippen LogP contribution is 2.22. The molecule has 1 N–H and O–H groups in total.